The van der Waals surface area contributed by atoms with E-state index < -0.39 is 0 Å². The molecule has 0 atom stereocenters. The van der Waals surface area contributed by atoms with Gasteiger partial charge in [-0.3, -0.25) is 0 Å². The second-order valence-electron chi connectivity index (χ2n) is 3.20. The molecule has 76 valence electrons. The van der Waals surface area contributed by atoms with E-state index in [0.29, 0.717) is 0 Å². The van der Waals surface area contributed by atoms with E-state index in [1.807, 2.05) is 12.4 Å². The van der Waals surface area contributed by atoms with Crippen LogP contribution >= 0.6 is 0 Å². The molecule has 1 heterocycles. The number of unbranched alkanes of at least 4 members (excludes halogenated alkanes) is 4. The van der Waals surface area contributed by atoms with Crippen molar-refractivity contribution < 1.29 is 0 Å². The number of nitrogens with one attached hydrogen (secondary N) is 1. The summed E-state index contributed by atoms with van der Waals surface area (Å²) >= 11 is 0. The first-order valence-electron chi connectivity index (χ1n) is 4.91. The summed E-state index contributed by atoms with van der Waals surface area (Å²) in [6, 6.07) is 0. The molecule has 3 nitrogen and oxygen atoms in total. The molecule has 0 aliphatic carbocycles. The van der Waals surface area contributed by atoms with Crippen molar-refractivity contribution in [2.75, 3.05) is 0 Å². The summed E-state index contributed by atoms with van der Waals surface area (Å²) in [5.74, 6) is 1.13. The molecule has 0 saturated heterocycles. The maximum atomic E-state index is 4.18. The Bertz CT molecular complexity index is 182. The molecule has 0 amide bonds. The highest BCUT2D eigenvalue weighted by molar-refractivity contribution is 4.86. The average Bonchev–Trinajstić information content (AvgIpc) is 2.57. The van der Waals surface area contributed by atoms with E-state index in [0.717, 1.165) is 12.2 Å². The van der Waals surface area contributed by atoms with E-state index >= 15 is 0 Å². The number of hydrogen-bond donors (Lipinski definition) is 2. The zero-order valence-electron chi connectivity index (χ0n) is 8.55. The first-order valence-corrected chi connectivity index (χ1v) is 4.91. The van der Waals surface area contributed by atoms with Crippen molar-refractivity contribution >= 4 is 0 Å². The topological polar surface area (TPSA) is 63.7 Å². The van der Waals surface area contributed by atoms with Crippen LogP contribution in [-0.2, 0) is 6.42 Å². The molecule has 0 aromatic carbocycles. The van der Waals surface area contributed by atoms with Crippen molar-refractivity contribution in [3.05, 3.63) is 18.2 Å². The lowest BCUT2D eigenvalue weighted by atomic mass is 10.1. The minimum atomic E-state index is 0. The predicted molar refractivity (Wildman–Crippen MR) is 56.1 cm³/mol. The number of nitrogens with zero attached hydrogens (tertiary/aromatic N) is 1. The molecular formula is C10H21N3. The van der Waals surface area contributed by atoms with Crippen LogP contribution in [0.1, 0.15) is 44.9 Å². The molecular weight excluding hydrogens is 162 g/mol. The van der Waals surface area contributed by atoms with Gasteiger partial charge in [0.2, 0.25) is 0 Å². The second-order valence-corrected chi connectivity index (χ2v) is 3.20. The molecule has 0 spiro atoms. The van der Waals surface area contributed by atoms with Crippen LogP contribution in [0.2, 0.25) is 0 Å². The highest BCUT2D eigenvalue weighted by Crippen LogP contribution is 2.05. The van der Waals surface area contributed by atoms with Gasteiger partial charge in [0.05, 0.1) is 0 Å². The number of aryl methyl sites for hydroxylation is 1. The maximum Gasteiger partial charge on any atom is 0.105 e. The van der Waals surface area contributed by atoms with Gasteiger partial charge in [0, 0.05) is 18.8 Å². The zero-order chi connectivity index (χ0) is 8.65. The van der Waals surface area contributed by atoms with Crippen molar-refractivity contribution in [2.45, 2.75) is 45.4 Å². The largest absolute Gasteiger partial charge is 0.349 e. The Hall–Kier alpha value is -0.830. The molecule has 1 aromatic heterocycles. The summed E-state index contributed by atoms with van der Waals surface area (Å²) in [5, 5.41) is 0. The van der Waals surface area contributed by atoms with Gasteiger partial charge in [0.15, 0.2) is 0 Å². The fraction of sp³-hybridized carbons (Fsp3) is 0.700. The minimum absolute atomic E-state index is 0. The van der Waals surface area contributed by atoms with Crippen molar-refractivity contribution in [1.82, 2.24) is 16.1 Å². The zero-order valence-corrected chi connectivity index (χ0v) is 8.55. The lowest BCUT2D eigenvalue weighted by molar-refractivity contribution is 0.624. The summed E-state index contributed by atoms with van der Waals surface area (Å²) in [5.41, 5.74) is 0. The molecule has 3 heteroatoms. The molecule has 1 rings (SSSR count). The SMILES string of the molecule is CCCCCCCc1ncc[nH]1.N. The Kier molecular flexibility index (Phi) is 7.30. The van der Waals surface area contributed by atoms with Crippen LogP contribution in [0, 0.1) is 0 Å². The second kappa shape index (κ2) is 7.80. The Balaban J connectivity index is 0.00000144. The smallest absolute Gasteiger partial charge is 0.105 e. The predicted octanol–water partition coefficient (Wildman–Crippen LogP) is 3.08. The van der Waals surface area contributed by atoms with Crippen molar-refractivity contribution in [3.8, 4) is 0 Å². The lowest BCUT2D eigenvalue weighted by Crippen LogP contribution is -1.87. The van der Waals surface area contributed by atoms with E-state index in [2.05, 4.69) is 16.9 Å². The van der Waals surface area contributed by atoms with Crippen LogP contribution in [-0.4, -0.2) is 9.97 Å². The van der Waals surface area contributed by atoms with Crippen LogP contribution in [0.5, 0.6) is 0 Å². The molecule has 0 saturated carbocycles. The molecule has 0 bridgehead atoms. The highest BCUT2D eigenvalue weighted by Gasteiger charge is 1.93. The molecule has 4 N–H and O–H groups in total. The van der Waals surface area contributed by atoms with E-state index in [-0.39, 0.29) is 6.15 Å². The van der Waals surface area contributed by atoms with Gasteiger partial charge in [-0.25, -0.2) is 4.98 Å². The van der Waals surface area contributed by atoms with E-state index in [1.165, 1.54) is 32.1 Å². The number of imidazole rings is 1. The van der Waals surface area contributed by atoms with E-state index in [9.17, 15) is 0 Å². The van der Waals surface area contributed by atoms with Crippen LogP contribution in [0.3, 0.4) is 0 Å². The van der Waals surface area contributed by atoms with Crippen LogP contribution in [0.4, 0.5) is 0 Å². The Labute approximate surface area is 80.6 Å². The minimum Gasteiger partial charge on any atom is -0.349 e. The Morgan fingerprint density at radius 3 is 2.62 bits per heavy atom. The number of rotatable bonds is 6. The first kappa shape index (κ1) is 12.2. The molecule has 0 fully saturated rings. The quantitative estimate of drug-likeness (QED) is 0.666. The molecule has 0 aliphatic heterocycles. The van der Waals surface area contributed by atoms with Gasteiger partial charge in [0.1, 0.15) is 5.82 Å². The number of aromatic nitrogens is 2. The summed E-state index contributed by atoms with van der Waals surface area (Å²) in [4.78, 5) is 7.30. The number of aromatic amines is 1. The summed E-state index contributed by atoms with van der Waals surface area (Å²) < 4.78 is 0. The molecule has 1 aromatic rings. The van der Waals surface area contributed by atoms with Crippen LogP contribution < -0.4 is 6.15 Å². The standard InChI is InChI=1S/C10H18N2.H3N/c1-2-3-4-5-6-7-10-11-8-9-12-10;/h8-9H,2-7H2,1H3,(H,11,12);1H3. The fourth-order valence-electron chi connectivity index (χ4n) is 1.33. The summed E-state index contributed by atoms with van der Waals surface area (Å²) in [6.45, 7) is 2.24. The summed E-state index contributed by atoms with van der Waals surface area (Å²) in [7, 11) is 0. The van der Waals surface area contributed by atoms with Crippen LogP contribution in [0.25, 0.3) is 0 Å². The van der Waals surface area contributed by atoms with Crippen LogP contribution in [0.15, 0.2) is 12.4 Å². The van der Waals surface area contributed by atoms with Gasteiger partial charge in [-0.15, -0.1) is 0 Å². The Morgan fingerprint density at radius 2 is 2.00 bits per heavy atom. The first-order chi connectivity index (χ1) is 5.93. The normalized spacial score (nSPS) is 9.62. The van der Waals surface area contributed by atoms with Gasteiger partial charge in [-0.1, -0.05) is 32.6 Å². The maximum absolute atomic E-state index is 4.18. The number of hydrogen-bond acceptors (Lipinski definition) is 2. The van der Waals surface area contributed by atoms with Gasteiger partial charge in [-0.2, -0.15) is 0 Å². The third-order valence-electron chi connectivity index (χ3n) is 2.07. The molecule has 0 radical (unpaired) electrons. The van der Waals surface area contributed by atoms with Gasteiger partial charge < -0.3 is 11.1 Å². The molecule has 0 unspecified atom stereocenters. The molecule has 0 aliphatic rings. The van der Waals surface area contributed by atoms with Gasteiger partial charge in [-0.05, 0) is 6.42 Å². The van der Waals surface area contributed by atoms with E-state index in [4.69, 9.17) is 0 Å². The van der Waals surface area contributed by atoms with E-state index in [1.54, 1.807) is 0 Å². The average molecular weight is 183 g/mol. The molecule has 13 heavy (non-hydrogen) atoms. The lowest BCUT2D eigenvalue weighted by Gasteiger charge is -1.97. The van der Waals surface area contributed by atoms with Crippen molar-refractivity contribution in [2.24, 2.45) is 0 Å². The third kappa shape index (κ3) is 5.42. The monoisotopic (exact) mass is 183 g/mol. The van der Waals surface area contributed by atoms with Crippen molar-refractivity contribution in [3.63, 3.8) is 0 Å². The summed E-state index contributed by atoms with van der Waals surface area (Å²) in [6.07, 6.45) is 11.5. The van der Waals surface area contributed by atoms with Gasteiger partial charge in [0.25, 0.3) is 0 Å². The van der Waals surface area contributed by atoms with Crippen molar-refractivity contribution in [1.29, 1.82) is 0 Å². The number of H-pyrrole nitrogens is 1. The fourth-order valence-corrected chi connectivity index (χ4v) is 1.33. The van der Waals surface area contributed by atoms with Gasteiger partial charge >= 0.3 is 0 Å². The Morgan fingerprint density at radius 1 is 1.23 bits per heavy atom. The highest BCUT2D eigenvalue weighted by atomic mass is 14.9. The third-order valence-corrected chi connectivity index (χ3v) is 2.07.